The Kier molecular flexibility index (Phi) is 4.16. The number of halogens is 3. The van der Waals surface area contributed by atoms with Crippen LogP contribution in [0, 0.1) is 0 Å². The summed E-state index contributed by atoms with van der Waals surface area (Å²) in [6.07, 6.45) is -4.84. The number of Topliss-reactive ketones (excluding diaryl/α,β-unsaturated/α-hetero) is 1. The van der Waals surface area contributed by atoms with Crippen LogP contribution in [0.1, 0.15) is 36.7 Å². The van der Waals surface area contributed by atoms with Crippen LogP contribution >= 0.6 is 0 Å². The Morgan fingerprint density at radius 3 is 2.33 bits per heavy atom. The van der Waals surface area contributed by atoms with E-state index in [1.54, 1.807) is 6.07 Å². The van der Waals surface area contributed by atoms with Gasteiger partial charge < -0.3 is 4.74 Å². The van der Waals surface area contributed by atoms with Gasteiger partial charge in [0.15, 0.2) is 0 Å². The van der Waals surface area contributed by atoms with Crippen molar-refractivity contribution >= 4 is 5.78 Å². The summed E-state index contributed by atoms with van der Waals surface area (Å²) in [7, 11) is 0. The van der Waals surface area contributed by atoms with E-state index in [2.05, 4.69) is 0 Å². The molecule has 0 aliphatic carbocycles. The van der Waals surface area contributed by atoms with E-state index in [4.69, 9.17) is 4.74 Å². The lowest BCUT2D eigenvalue weighted by Gasteiger charge is -2.19. The van der Waals surface area contributed by atoms with Crippen molar-refractivity contribution in [3.63, 3.8) is 0 Å². The second-order valence-electron chi connectivity index (χ2n) is 4.93. The maximum Gasteiger partial charge on any atom is 0.454 e. The predicted molar refractivity (Wildman–Crippen MR) is 61.4 cm³/mol. The van der Waals surface area contributed by atoms with E-state index < -0.39 is 12.0 Å². The molecule has 2 nitrogen and oxygen atoms in total. The third-order valence-electron chi connectivity index (χ3n) is 2.12. The van der Waals surface area contributed by atoms with Crippen LogP contribution in [-0.4, -0.2) is 17.6 Å². The first kappa shape index (κ1) is 14.7. The van der Waals surface area contributed by atoms with E-state index in [0.29, 0.717) is 5.56 Å². The molecule has 0 aliphatic heterocycles. The zero-order chi connectivity index (χ0) is 14.0. The van der Waals surface area contributed by atoms with Gasteiger partial charge in [-0.2, -0.15) is 13.2 Å². The van der Waals surface area contributed by atoms with Crippen LogP contribution in [0.15, 0.2) is 24.3 Å². The number of carbonyl (C=O) groups excluding carboxylic acids is 1. The van der Waals surface area contributed by atoms with E-state index in [1.807, 2.05) is 20.8 Å². The molecule has 0 radical (unpaired) electrons. The van der Waals surface area contributed by atoms with Gasteiger partial charge in [-0.05, 0) is 32.4 Å². The van der Waals surface area contributed by atoms with Crippen LogP contribution in [0.2, 0.25) is 0 Å². The smallest absolute Gasteiger partial charge is 0.371 e. The van der Waals surface area contributed by atoms with Crippen molar-refractivity contribution in [2.24, 2.45) is 0 Å². The van der Waals surface area contributed by atoms with Gasteiger partial charge in [0, 0.05) is 5.56 Å². The molecule has 0 saturated heterocycles. The predicted octanol–water partition coefficient (Wildman–Crippen LogP) is 3.75. The normalized spacial score (nSPS) is 12.6. The zero-order valence-corrected chi connectivity index (χ0v) is 10.5. The summed E-state index contributed by atoms with van der Waals surface area (Å²) in [6, 6.07) is 5.40. The fraction of sp³-hybridized carbons (Fsp3) is 0.462. The van der Waals surface area contributed by atoms with Crippen molar-refractivity contribution in [2.75, 3.05) is 0 Å². The van der Waals surface area contributed by atoms with Gasteiger partial charge in [0.2, 0.25) is 0 Å². The summed E-state index contributed by atoms with van der Waals surface area (Å²) in [5, 5.41) is 0. The molecule has 0 amide bonds. The molecular formula is C13H15F3O2. The number of ketones is 1. The van der Waals surface area contributed by atoms with Gasteiger partial charge in [0.1, 0.15) is 0 Å². The molecule has 1 aromatic carbocycles. The van der Waals surface area contributed by atoms with Gasteiger partial charge >= 0.3 is 6.18 Å². The summed E-state index contributed by atoms with van der Waals surface area (Å²) in [4.78, 5) is 11.1. The molecule has 0 saturated carbocycles. The SMILES string of the molecule is CC(C)(C)OCc1cccc(C(=O)C(F)(F)F)c1. The molecule has 0 unspecified atom stereocenters. The molecular weight excluding hydrogens is 245 g/mol. The van der Waals surface area contributed by atoms with Crippen molar-refractivity contribution in [1.82, 2.24) is 0 Å². The molecule has 0 spiro atoms. The molecule has 18 heavy (non-hydrogen) atoms. The Morgan fingerprint density at radius 2 is 1.83 bits per heavy atom. The van der Waals surface area contributed by atoms with Crippen molar-refractivity contribution in [3.8, 4) is 0 Å². The van der Waals surface area contributed by atoms with Crippen LogP contribution in [0.4, 0.5) is 13.2 Å². The van der Waals surface area contributed by atoms with Crippen molar-refractivity contribution in [2.45, 2.75) is 39.2 Å². The average Bonchev–Trinajstić information content (AvgIpc) is 2.23. The molecule has 0 aliphatic rings. The molecule has 0 heterocycles. The second-order valence-corrected chi connectivity index (χ2v) is 4.93. The lowest BCUT2D eigenvalue weighted by atomic mass is 10.1. The van der Waals surface area contributed by atoms with E-state index in [-0.39, 0.29) is 17.8 Å². The Balaban J connectivity index is 2.84. The number of hydrogen-bond donors (Lipinski definition) is 0. The summed E-state index contributed by atoms with van der Waals surface area (Å²) in [5.74, 6) is -1.83. The Bertz CT molecular complexity index is 431. The maximum atomic E-state index is 12.3. The molecule has 0 bridgehead atoms. The van der Waals surface area contributed by atoms with Gasteiger partial charge in [0.25, 0.3) is 5.78 Å². The first-order valence-corrected chi connectivity index (χ1v) is 5.44. The van der Waals surface area contributed by atoms with Gasteiger partial charge in [-0.1, -0.05) is 18.2 Å². The van der Waals surface area contributed by atoms with Crippen molar-refractivity contribution in [3.05, 3.63) is 35.4 Å². The fourth-order valence-electron chi connectivity index (χ4n) is 1.27. The first-order valence-electron chi connectivity index (χ1n) is 5.44. The molecule has 0 N–H and O–H groups in total. The minimum atomic E-state index is -4.84. The molecule has 0 fully saturated rings. The van der Waals surface area contributed by atoms with Gasteiger partial charge in [-0.3, -0.25) is 4.79 Å². The van der Waals surface area contributed by atoms with Crippen LogP contribution in [0.3, 0.4) is 0 Å². The highest BCUT2D eigenvalue weighted by Crippen LogP contribution is 2.22. The van der Waals surface area contributed by atoms with Crippen LogP contribution < -0.4 is 0 Å². The Hall–Kier alpha value is -1.36. The van der Waals surface area contributed by atoms with Crippen LogP contribution in [0.5, 0.6) is 0 Å². The van der Waals surface area contributed by atoms with Gasteiger partial charge in [-0.15, -0.1) is 0 Å². The largest absolute Gasteiger partial charge is 0.454 e. The summed E-state index contributed by atoms with van der Waals surface area (Å²) >= 11 is 0. The molecule has 0 atom stereocenters. The third-order valence-corrected chi connectivity index (χ3v) is 2.12. The minimum absolute atomic E-state index is 0.169. The highest BCUT2D eigenvalue weighted by molar-refractivity contribution is 6.00. The summed E-state index contributed by atoms with van der Waals surface area (Å²) in [5.41, 5.74) is -0.207. The molecule has 1 rings (SSSR count). The number of hydrogen-bond acceptors (Lipinski definition) is 2. The van der Waals surface area contributed by atoms with Gasteiger partial charge in [-0.25, -0.2) is 0 Å². The van der Waals surface area contributed by atoms with Gasteiger partial charge in [0.05, 0.1) is 12.2 Å². The quantitative estimate of drug-likeness (QED) is 0.774. The second kappa shape index (κ2) is 5.10. The van der Waals surface area contributed by atoms with Crippen LogP contribution in [-0.2, 0) is 11.3 Å². The average molecular weight is 260 g/mol. The molecule has 1 aromatic rings. The first-order chi connectivity index (χ1) is 8.09. The summed E-state index contributed by atoms with van der Waals surface area (Å²) in [6.45, 7) is 5.70. The minimum Gasteiger partial charge on any atom is -0.371 e. The van der Waals surface area contributed by atoms with E-state index in [0.717, 1.165) is 6.07 Å². The van der Waals surface area contributed by atoms with Crippen LogP contribution in [0.25, 0.3) is 0 Å². The number of benzene rings is 1. The molecule has 5 heteroatoms. The highest BCUT2D eigenvalue weighted by Gasteiger charge is 2.39. The zero-order valence-electron chi connectivity index (χ0n) is 10.5. The lowest BCUT2D eigenvalue weighted by Crippen LogP contribution is -2.23. The number of rotatable bonds is 3. The van der Waals surface area contributed by atoms with Crippen molar-refractivity contribution in [1.29, 1.82) is 0 Å². The standard InChI is InChI=1S/C13H15F3O2/c1-12(2,3)18-8-9-5-4-6-10(7-9)11(17)13(14,15)16/h4-7H,8H2,1-3H3. The van der Waals surface area contributed by atoms with E-state index in [9.17, 15) is 18.0 Å². The Labute approximate surface area is 104 Å². The molecule has 100 valence electrons. The summed E-state index contributed by atoms with van der Waals surface area (Å²) < 4.78 is 42.2. The number of carbonyl (C=O) groups is 1. The maximum absolute atomic E-state index is 12.3. The fourth-order valence-corrected chi connectivity index (χ4v) is 1.27. The number of ether oxygens (including phenoxy) is 1. The molecule has 0 aromatic heterocycles. The van der Waals surface area contributed by atoms with E-state index >= 15 is 0 Å². The lowest BCUT2D eigenvalue weighted by molar-refractivity contribution is -0.0885. The van der Waals surface area contributed by atoms with E-state index in [1.165, 1.54) is 12.1 Å². The third kappa shape index (κ3) is 4.49. The topological polar surface area (TPSA) is 26.3 Å². The van der Waals surface area contributed by atoms with Crippen molar-refractivity contribution < 1.29 is 22.7 Å². The highest BCUT2D eigenvalue weighted by atomic mass is 19.4. The Morgan fingerprint density at radius 1 is 1.22 bits per heavy atom. The monoisotopic (exact) mass is 260 g/mol. The number of alkyl halides is 3.